The average Bonchev–Trinajstić information content (AvgIpc) is 3.19. The number of hydrogen-bond donors (Lipinski definition) is 3. The van der Waals surface area contributed by atoms with Gasteiger partial charge < -0.3 is 25.7 Å². The molecule has 5 rings (SSSR count). The van der Waals surface area contributed by atoms with Gasteiger partial charge in [0.2, 0.25) is 0 Å². The molecule has 0 fully saturated rings. The number of aryl methyl sites for hydroxylation is 1. The van der Waals surface area contributed by atoms with Crippen molar-refractivity contribution in [2.24, 2.45) is 5.73 Å². The van der Waals surface area contributed by atoms with Crippen molar-refractivity contribution in [1.29, 1.82) is 0 Å². The third-order valence-corrected chi connectivity index (χ3v) is 8.19. The minimum atomic E-state index is -5.08. The molecule has 4 aromatic carbocycles. The number of amides is 2. The number of nitrogens with two attached hydrogens (primary N) is 1. The van der Waals surface area contributed by atoms with Crippen molar-refractivity contribution in [3.8, 4) is 0 Å². The molecule has 262 valence electrons. The zero-order valence-electron chi connectivity index (χ0n) is 27.1. The van der Waals surface area contributed by atoms with E-state index >= 15 is 0 Å². The van der Waals surface area contributed by atoms with Crippen LogP contribution in [0.25, 0.3) is 0 Å². The summed E-state index contributed by atoms with van der Waals surface area (Å²) in [4.78, 5) is 54.0. The van der Waals surface area contributed by atoms with Crippen molar-refractivity contribution in [3.63, 3.8) is 0 Å². The minimum absolute atomic E-state index is 0.266. The molecular weight excluding hydrogens is 651 g/mol. The Morgan fingerprint density at radius 2 is 1.36 bits per heavy atom. The lowest BCUT2D eigenvalue weighted by Gasteiger charge is -2.37. The van der Waals surface area contributed by atoms with E-state index in [0.717, 1.165) is 36.8 Å². The number of anilines is 1. The predicted octanol–water partition coefficient (Wildman–Crippen LogP) is 6.94. The number of rotatable bonds is 12. The van der Waals surface area contributed by atoms with E-state index in [1.54, 1.807) is 4.90 Å². The summed E-state index contributed by atoms with van der Waals surface area (Å²) in [7, 11) is 0. The van der Waals surface area contributed by atoms with Gasteiger partial charge in [-0.05, 0) is 60.2 Å². The van der Waals surface area contributed by atoms with E-state index in [4.69, 9.17) is 15.6 Å². The molecule has 1 aliphatic rings. The SMILES string of the molecule is NCCCCCc1ccc2c(c1)C(=O)N(C(CC(=O)O)c1ccccc1)C(c1ccccc1)C(=O)N2Cc1ccccc1.O=C(O)C(F)(F)F. The number of hydrogen-bond acceptors (Lipinski definition) is 5. The number of fused-ring (bicyclic) bond motifs is 1. The van der Waals surface area contributed by atoms with Crippen LogP contribution in [-0.4, -0.2) is 51.6 Å². The number of unbranched alkanes of at least 4 members (excludes halogenated alkanes) is 2. The summed E-state index contributed by atoms with van der Waals surface area (Å²) in [6.45, 7) is 0.904. The molecule has 0 aliphatic carbocycles. The first-order chi connectivity index (χ1) is 23.9. The van der Waals surface area contributed by atoms with E-state index in [9.17, 15) is 32.7 Å². The molecule has 0 bridgehead atoms. The van der Waals surface area contributed by atoms with Gasteiger partial charge in [-0.15, -0.1) is 0 Å². The van der Waals surface area contributed by atoms with Gasteiger partial charge in [0, 0.05) is 0 Å². The number of carboxylic acid groups (broad SMARTS) is 2. The van der Waals surface area contributed by atoms with Crippen LogP contribution in [0.1, 0.15) is 70.4 Å². The lowest BCUT2D eigenvalue weighted by atomic mass is 9.95. The largest absolute Gasteiger partial charge is 0.490 e. The molecule has 0 saturated carbocycles. The van der Waals surface area contributed by atoms with Gasteiger partial charge >= 0.3 is 18.1 Å². The van der Waals surface area contributed by atoms with Crippen LogP contribution in [0.5, 0.6) is 0 Å². The fraction of sp³-hybridized carbons (Fsp3) is 0.263. The van der Waals surface area contributed by atoms with Gasteiger partial charge in [-0.1, -0.05) is 103 Å². The molecule has 4 N–H and O–H groups in total. The Kier molecular flexibility index (Phi) is 12.9. The molecular formula is C38H38F3N3O6. The van der Waals surface area contributed by atoms with Crippen LogP contribution in [0.15, 0.2) is 109 Å². The van der Waals surface area contributed by atoms with E-state index in [0.29, 0.717) is 28.9 Å². The number of nitrogens with zero attached hydrogens (tertiary/aromatic N) is 2. The number of carbonyl (C=O) groups is 4. The maximum absolute atomic E-state index is 14.8. The monoisotopic (exact) mass is 689 g/mol. The van der Waals surface area contributed by atoms with Gasteiger partial charge in [0.05, 0.1) is 30.3 Å². The second-order valence-electron chi connectivity index (χ2n) is 11.7. The normalized spacial score (nSPS) is 15.0. The summed E-state index contributed by atoms with van der Waals surface area (Å²) in [5.41, 5.74) is 9.79. The molecule has 9 nitrogen and oxygen atoms in total. The Morgan fingerprint density at radius 3 is 1.92 bits per heavy atom. The van der Waals surface area contributed by atoms with E-state index < -0.39 is 30.2 Å². The molecule has 1 aliphatic heterocycles. The van der Waals surface area contributed by atoms with Gasteiger partial charge in [-0.25, -0.2) is 4.79 Å². The summed E-state index contributed by atoms with van der Waals surface area (Å²) < 4.78 is 31.7. The number of aliphatic carboxylic acids is 2. The summed E-state index contributed by atoms with van der Waals surface area (Å²) in [5, 5.41) is 17.2. The van der Waals surface area contributed by atoms with Gasteiger partial charge in [0.15, 0.2) is 0 Å². The van der Waals surface area contributed by atoms with Gasteiger partial charge in [-0.2, -0.15) is 13.2 Å². The number of halogens is 3. The third-order valence-electron chi connectivity index (χ3n) is 8.19. The molecule has 1 heterocycles. The Labute approximate surface area is 287 Å². The lowest BCUT2D eigenvalue weighted by molar-refractivity contribution is -0.192. The van der Waals surface area contributed by atoms with Crippen LogP contribution in [0.4, 0.5) is 18.9 Å². The van der Waals surface area contributed by atoms with Crippen LogP contribution < -0.4 is 10.6 Å². The molecule has 2 atom stereocenters. The Hall–Kier alpha value is -5.49. The van der Waals surface area contributed by atoms with E-state index in [1.165, 1.54) is 4.90 Å². The Bertz CT molecular complexity index is 1750. The highest BCUT2D eigenvalue weighted by Gasteiger charge is 2.44. The topological polar surface area (TPSA) is 141 Å². The molecule has 0 spiro atoms. The van der Waals surface area contributed by atoms with Crippen LogP contribution >= 0.6 is 0 Å². The number of carbonyl (C=O) groups excluding carboxylic acids is 2. The molecule has 50 heavy (non-hydrogen) atoms. The van der Waals surface area contributed by atoms with Crippen molar-refractivity contribution in [2.75, 3.05) is 11.4 Å². The standard InChI is InChI=1S/C36H37N3O4.C2HF3O2/c37-22-12-4-7-13-26-20-21-31-30(23-26)35(42)39(32(24-33(40)41)28-16-8-2-9-17-28)34(29-18-10-3-11-19-29)36(43)38(31)25-27-14-5-1-6-15-27;3-2(4,5)1(6)7/h1-3,5-6,8-11,14-21,23,32,34H,4,7,12-13,22,24-25,37H2,(H,40,41);(H,6,7). The van der Waals surface area contributed by atoms with Crippen LogP contribution in [0, 0.1) is 0 Å². The molecule has 4 aromatic rings. The number of benzene rings is 4. The molecule has 0 saturated heterocycles. The van der Waals surface area contributed by atoms with Crippen LogP contribution in [0.3, 0.4) is 0 Å². The van der Waals surface area contributed by atoms with Crippen molar-refractivity contribution in [1.82, 2.24) is 4.90 Å². The van der Waals surface area contributed by atoms with Gasteiger partial charge in [0.25, 0.3) is 11.8 Å². The molecule has 2 amide bonds. The van der Waals surface area contributed by atoms with Crippen molar-refractivity contribution in [2.45, 2.75) is 56.9 Å². The molecule has 0 aromatic heterocycles. The van der Waals surface area contributed by atoms with E-state index in [2.05, 4.69) is 0 Å². The summed E-state index contributed by atoms with van der Waals surface area (Å²) in [6, 6.07) is 31.8. The third kappa shape index (κ3) is 9.56. The molecule has 12 heteroatoms. The molecule has 0 radical (unpaired) electrons. The second kappa shape index (κ2) is 17.3. The summed E-state index contributed by atoms with van der Waals surface area (Å²) >= 11 is 0. The fourth-order valence-electron chi connectivity index (χ4n) is 5.84. The first-order valence-electron chi connectivity index (χ1n) is 16.0. The summed E-state index contributed by atoms with van der Waals surface area (Å²) in [5.74, 6) is -4.47. The molecule has 2 unspecified atom stereocenters. The highest BCUT2D eigenvalue weighted by molar-refractivity contribution is 6.11. The number of alkyl halides is 3. The number of carboxylic acids is 2. The van der Waals surface area contributed by atoms with E-state index in [1.807, 2.05) is 109 Å². The average molecular weight is 690 g/mol. The van der Waals surface area contributed by atoms with Gasteiger partial charge in [-0.3, -0.25) is 14.4 Å². The summed E-state index contributed by atoms with van der Waals surface area (Å²) in [6.07, 6.45) is -1.81. The maximum Gasteiger partial charge on any atom is 0.490 e. The highest BCUT2D eigenvalue weighted by atomic mass is 19.4. The first kappa shape index (κ1) is 37.3. The zero-order valence-corrected chi connectivity index (χ0v) is 27.1. The lowest BCUT2D eigenvalue weighted by Crippen LogP contribution is -2.44. The Balaban J connectivity index is 0.000000727. The Morgan fingerprint density at radius 1 is 0.780 bits per heavy atom. The smallest absolute Gasteiger partial charge is 0.481 e. The van der Waals surface area contributed by atoms with Crippen molar-refractivity contribution < 1.29 is 42.6 Å². The van der Waals surface area contributed by atoms with Crippen LogP contribution in [-0.2, 0) is 27.3 Å². The first-order valence-corrected chi connectivity index (χ1v) is 16.0. The van der Waals surface area contributed by atoms with Gasteiger partial charge in [0.1, 0.15) is 6.04 Å². The minimum Gasteiger partial charge on any atom is -0.481 e. The zero-order chi connectivity index (χ0) is 36.3. The van der Waals surface area contributed by atoms with Crippen molar-refractivity contribution in [3.05, 3.63) is 137 Å². The fourth-order valence-corrected chi connectivity index (χ4v) is 5.84. The maximum atomic E-state index is 14.8. The predicted molar refractivity (Wildman–Crippen MR) is 181 cm³/mol. The van der Waals surface area contributed by atoms with Crippen LogP contribution in [0.2, 0.25) is 0 Å². The highest BCUT2D eigenvalue weighted by Crippen LogP contribution is 2.42. The quantitative estimate of drug-likeness (QED) is 0.137. The second-order valence-corrected chi connectivity index (χ2v) is 11.7. The van der Waals surface area contributed by atoms with E-state index in [-0.39, 0.29) is 24.8 Å². The van der Waals surface area contributed by atoms with Crippen molar-refractivity contribution >= 4 is 29.4 Å².